The standard InChI is InChI=1S/C7H12O/c1-3-5-7(4-2)6-8/h5,7-8H,1,4,6H2,2H3. The summed E-state index contributed by atoms with van der Waals surface area (Å²) < 4.78 is 0. The first kappa shape index (κ1) is 7.48. The van der Waals surface area contributed by atoms with Crippen molar-refractivity contribution in [3.05, 3.63) is 18.4 Å². The predicted molar refractivity (Wildman–Crippen MR) is 34.6 cm³/mol. The van der Waals surface area contributed by atoms with Crippen LogP contribution in [0, 0.1) is 5.92 Å². The highest BCUT2D eigenvalue weighted by Crippen LogP contribution is 2.00. The summed E-state index contributed by atoms with van der Waals surface area (Å²) in [6.45, 7) is 5.63. The molecule has 0 bridgehead atoms. The molecule has 0 aromatic rings. The van der Waals surface area contributed by atoms with E-state index in [1.165, 1.54) is 0 Å². The Bertz CT molecular complexity index is 86.6. The number of aliphatic hydroxyl groups excluding tert-OH is 1. The van der Waals surface area contributed by atoms with Crippen LogP contribution in [0.4, 0.5) is 0 Å². The molecule has 0 rings (SSSR count). The lowest BCUT2D eigenvalue weighted by atomic mass is 10.1. The van der Waals surface area contributed by atoms with E-state index in [-0.39, 0.29) is 12.5 Å². The van der Waals surface area contributed by atoms with Crippen molar-refractivity contribution in [1.82, 2.24) is 0 Å². The van der Waals surface area contributed by atoms with Gasteiger partial charge in [0, 0.05) is 12.5 Å². The number of aliphatic hydroxyl groups is 1. The second kappa shape index (κ2) is 4.63. The van der Waals surface area contributed by atoms with Crippen LogP contribution in [0.3, 0.4) is 0 Å². The van der Waals surface area contributed by atoms with Gasteiger partial charge in [-0.05, 0) is 12.5 Å². The normalized spacial score (nSPS) is 12.2. The lowest BCUT2D eigenvalue weighted by Gasteiger charge is -2.00. The molecule has 0 aromatic heterocycles. The SMILES string of the molecule is C=C=CC(CC)CO. The minimum Gasteiger partial charge on any atom is -0.396 e. The minimum absolute atomic E-state index is 0.207. The van der Waals surface area contributed by atoms with E-state index in [0.717, 1.165) is 6.42 Å². The molecule has 0 heterocycles. The van der Waals surface area contributed by atoms with Crippen LogP contribution in [-0.4, -0.2) is 11.7 Å². The molecule has 0 aromatic carbocycles. The zero-order valence-electron chi connectivity index (χ0n) is 5.22. The van der Waals surface area contributed by atoms with Gasteiger partial charge in [-0.25, -0.2) is 0 Å². The Hall–Kier alpha value is -0.520. The number of rotatable bonds is 3. The summed E-state index contributed by atoms with van der Waals surface area (Å²) in [7, 11) is 0. The molecule has 0 aliphatic rings. The van der Waals surface area contributed by atoms with E-state index in [0.29, 0.717) is 0 Å². The van der Waals surface area contributed by atoms with Crippen molar-refractivity contribution in [2.45, 2.75) is 13.3 Å². The first-order valence-electron chi connectivity index (χ1n) is 2.82. The third kappa shape index (κ3) is 2.62. The second-order valence-electron chi connectivity index (χ2n) is 1.72. The van der Waals surface area contributed by atoms with Crippen LogP contribution in [0.1, 0.15) is 13.3 Å². The quantitative estimate of drug-likeness (QED) is 0.546. The van der Waals surface area contributed by atoms with Crippen LogP contribution in [0.25, 0.3) is 0 Å². The van der Waals surface area contributed by atoms with Crippen molar-refractivity contribution in [1.29, 1.82) is 0 Å². The molecule has 1 N–H and O–H groups in total. The monoisotopic (exact) mass is 112 g/mol. The van der Waals surface area contributed by atoms with Gasteiger partial charge in [0.05, 0.1) is 0 Å². The highest BCUT2D eigenvalue weighted by molar-refractivity contribution is 4.82. The smallest absolute Gasteiger partial charge is 0.0499 e. The maximum atomic E-state index is 8.56. The molecule has 0 saturated carbocycles. The maximum absolute atomic E-state index is 8.56. The molecule has 0 saturated heterocycles. The summed E-state index contributed by atoms with van der Waals surface area (Å²) in [5.41, 5.74) is 2.63. The Labute approximate surface area is 50.3 Å². The second-order valence-corrected chi connectivity index (χ2v) is 1.72. The van der Waals surface area contributed by atoms with E-state index in [1.807, 2.05) is 6.92 Å². The van der Waals surface area contributed by atoms with E-state index < -0.39 is 0 Å². The molecule has 0 aliphatic heterocycles. The highest BCUT2D eigenvalue weighted by atomic mass is 16.3. The average Bonchev–Trinajstić information content (AvgIpc) is 1.83. The van der Waals surface area contributed by atoms with E-state index >= 15 is 0 Å². The van der Waals surface area contributed by atoms with Crippen molar-refractivity contribution in [3.63, 3.8) is 0 Å². The summed E-state index contributed by atoms with van der Waals surface area (Å²) >= 11 is 0. The van der Waals surface area contributed by atoms with Crippen LogP contribution in [0.2, 0.25) is 0 Å². The summed E-state index contributed by atoms with van der Waals surface area (Å²) in [6.07, 6.45) is 2.75. The topological polar surface area (TPSA) is 20.2 Å². The number of hydrogen-bond acceptors (Lipinski definition) is 1. The maximum Gasteiger partial charge on any atom is 0.0499 e. The Morgan fingerprint density at radius 2 is 2.50 bits per heavy atom. The van der Waals surface area contributed by atoms with Gasteiger partial charge < -0.3 is 5.11 Å². The zero-order chi connectivity index (χ0) is 6.41. The fraction of sp³-hybridized carbons (Fsp3) is 0.571. The van der Waals surface area contributed by atoms with Crippen molar-refractivity contribution in [2.24, 2.45) is 5.92 Å². The number of hydrogen-bond donors (Lipinski definition) is 1. The van der Waals surface area contributed by atoms with E-state index in [1.54, 1.807) is 6.08 Å². The minimum atomic E-state index is 0.207. The van der Waals surface area contributed by atoms with Gasteiger partial charge in [0.25, 0.3) is 0 Å². The molecule has 0 spiro atoms. The molecule has 0 radical (unpaired) electrons. The fourth-order valence-corrected chi connectivity index (χ4v) is 0.466. The largest absolute Gasteiger partial charge is 0.396 e. The van der Waals surface area contributed by atoms with Gasteiger partial charge in [-0.3, -0.25) is 0 Å². The van der Waals surface area contributed by atoms with Crippen LogP contribution in [0.15, 0.2) is 18.4 Å². The summed E-state index contributed by atoms with van der Waals surface area (Å²) in [5.74, 6) is 0.257. The Balaban J connectivity index is 3.52. The van der Waals surface area contributed by atoms with Gasteiger partial charge in [-0.15, -0.1) is 5.73 Å². The van der Waals surface area contributed by atoms with Crippen LogP contribution in [-0.2, 0) is 0 Å². The molecule has 1 heteroatoms. The molecule has 8 heavy (non-hydrogen) atoms. The van der Waals surface area contributed by atoms with Gasteiger partial charge >= 0.3 is 0 Å². The molecular weight excluding hydrogens is 100 g/mol. The average molecular weight is 112 g/mol. The molecular formula is C7H12O. The molecule has 46 valence electrons. The lowest BCUT2D eigenvalue weighted by molar-refractivity contribution is 0.250. The van der Waals surface area contributed by atoms with Gasteiger partial charge in [-0.2, -0.15) is 0 Å². The first-order chi connectivity index (χ1) is 3.85. The van der Waals surface area contributed by atoms with Gasteiger partial charge in [0.1, 0.15) is 0 Å². The summed E-state index contributed by atoms with van der Waals surface area (Å²) in [6, 6.07) is 0. The van der Waals surface area contributed by atoms with Crippen LogP contribution < -0.4 is 0 Å². The third-order valence-electron chi connectivity index (χ3n) is 1.11. The van der Waals surface area contributed by atoms with Crippen LogP contribution >= 0.6 is 0 Å². The van der Waals surface area contributed by atoms with Crippen LogP contribution in [0.5, 0.6) is 0 Å². The Morgan fingerprint density at radius 1 is 1.88 bits per heavy atom. The van der Waals surface area contributed by atoms with Crippen molar-refractivity contribution >= 4 is 0 Å². The van der Waals surface area contributed by atoms with Gasteiger partial charge in [-0.1, -0.05) is 13.5 Å². The highest BCUT2D eigenvalue weighted by Gasteiger charge is 1.95. The van der Waals surface area contributed by atoms with E-state index in [4.69, 9.17) is 5.11 Å². The van der Waals surface area contributed by atoms with Gasteiger partial charge in [0.15, 0.2) is 0 Å². The fourth-order valence-electron chi connectivity index (χ4n) is 0.466. The molecule has 1 nitrogen and oxygen atoms in total. The van der Waals surface area contributed by atoms with Crippen molar-refractivity contribution in [3.8, 4) is 0 Å². The molecule has 1 atom stereocenters. The molecule has 0 aliphatic carbocycles. The Morgan fingerprint density at radius 3 is 2.62 bits per heavy atom. The first-order valence-corrected chi connectivity index (χ1v) is 2.82. The zero-order valence-corrected chi connectivity index (χ0v) is 5.22. The van der Waals surface area contributed by atoms with E-state index in [2.05, 4.69) is 12.3 Å². The van der Waals surface area contributed by atoms with Crippen molar-refractivity contribution in [2.75, 3.05) is 6.61 Å². The lowest BCUT2D eigenvalue weighted by Crippen LogP contribution is -1.98. The summed E-state index contributed by atoms with van der Waals surface area (Å²) in [5, 5.41) is 8.56. The molecule has 1 unspecified atom stereocenters. The Kier molecular flexibility index (Phi) is 4.33. The van der Waals surface area contributed by atoms with E-state index in [9.17, 15) is 0 Å². The van der Waals surface area contributed by atoms with Crippen molar-refractivity contribution < 1.29 is 5.11 Å². The van der Waals surface area contributed by atoms with Gasteiger partial charge in [0.2, 0.25) is 0 Å². The predicted octanol–water partition coefficient (Wildman–Crippen LogP) is 1.35. The molecule has 0 amide bonds. The third-order valence-corrected chi connectivity index (χ3v) is 1.11. The molecule has 0 fully saturated rings. The summed E-state index contributed by atoms with van der Waals surface area (Å²) in [4.78, 5) is 0.